The van der Waals surface area contributed by atoms with Gasteiger partial charge in [-0.3, -0.25) is 14.5 Å². The minimum Gasteiger partial charge on any atom is -0.497 e. The van der Waals surface area contributed by atoms with E-state index in [1.807, 2.05) is 48.2 Å². The van der Waals surface area contributed by atoms with E-state index in [1.54, 1.807) is 19.2 Å². The van der Waals surface area contributed by atoms with Crippen LogP contribution in [0.5, 0.6) is 5.75 Å². The van der Waals surface area contributed by atoms with Crippen molar-refractivity contribution in [2.24, 2.45) is 0 Å². The second-order valence-corrected chi connectivity index (χ2v) is 7.23. The molecule has 29 heavy (non-hydrogen) atoms. The maximum absolute atomic E-state index is 13.4. The fraction of sp³-hybridized carbons (Fsp3) is 0.304. The molecule has 2 aliphatic heterocycles. The smallest absolute Gasteiger partial charge is 0.278 e. The van der Waals surface area contributed by atoms with Gasteiger partial charge in [0.25, 0.3) is 11.8 Å². The SMILES string of the molecule is COc1ccc(C2=C(N3CCOCC3)C(=O)N(Cc3ccc(C)cc3)C2=O)cc1. The van der Waals surface area contributed by atoms with Crippen molar-refractivity contribution in [3.63, 3.8) is 0 Å². The molecule has 2 heterocycles. The normalized spacial score (nSPS) is 17.3. The number of ether oxygens (including phenoxy) is 2. The van der Waals surface area contributed by atoms with Gasteiger partial charge in [-0.05, 0) is 30.2 Å². The average Bonchev–Trinajstić information content (AvgIpc) is 3.00. The maximum atomic E-state index is 13.4. The number of hydrogen-bond donors (Lipinski definition) is 0. The van der Waals surface area contributed by atoms with Crippen molar-refractivity contribution in [1.29, 1.82) is 0 Å². The lowest BCUT2D eigenvalue weighted by Crippen LogP contribution is -2.40. The molecule has 0 saturated carbocycles. The summed E-state index contributed by atoms with van der Waals surface area (Å²) in [4.78, 5) is 30.0. The molecule has 0 radical (unpaired) electrons. The van der Waals surface area contributed by atoms with Gasteiger partial charge >= 0.3 is 0 Å². The van der Waals surface area contributed by atoms with Crippen LogP contribution in [0.2, 0.25) is 0 Å². The number of benzene rings is 2. The second kappa shape index (κ2) is 8.09. The average molecular weight is 392 g/mol. The topological polar surface area (TPSA) is 59.1 Å². The zero-order chi connectivity index (χ0) is 20.4. The Balaban J connectivity index is 1.71. The minimum atomic E-state index is -0.262. The fourth-order valence-electron chi connectivity index (χ4n) is 3.68. The van der Waals surface area contributed by atoms with Crippen LogP contribution < -0.4 is 4.74 Å². The molecule has 0 N–H and O–H groups in total. The van der Waals surface area contributed by atoms with Crippen LogP contribution in [0.4, 0.5) is 0 Å². The second-order valence-electron chi connectivity index (χ2n) is 7.23. The number of amides is 2. The highest BCUT2D eigenvalue weighted by molar-refractivity contribution is 6.35. The van der Waals surface area contributed by atoms with Crippen LogP contribution in [0.3, 0.4) is 0 Å². The summed E-state index contributed by atoms with van der Waals surface area (Å²) in [7, 11) is 1.60. The van der Waals surface area contributed by atoms with Crippen LogP contribution in [0.1, 0.15) is 16.7 Å². The van der Waals surface area contributed by atoms with E-state index < -0.39 is 0 Å². The van der Waals surface area contributed by atoms with E-state index in [0.29, 0.717) is 43.3 Å². The molecule has 2 amide bonds. The molecule has 2 aromatic carbocycles. The Labute approximate surface area is 170 Å². The van der Waals surface area contributed by atoms with Crippen molar-refractivity contribution in [2.75, 3.05) is 33.4 Å². The van der Waals surface area contributed by atoms with Crippen LogP contribution in [-0.4, -0.2) is 55.0 Å². The lowest BCUT2D eigenvalue weighted by molar-refractivity contribution is -0.138. The maximum Gasteiger partial charge on any atom is 0.278 e. The first-order chi connectivity index (χ1) is 14.1. The Bertz CT molecular complexity index is 942. The minimum absolute atomic E-state index is 0.247. The molecular formula is C23H24N2O4. The van der Waals surface area contributed by atoms with Gasteiger partial charge in [0.15, 0.2) is 0 Å². The summed E-state index contributed by atoms with van der Waals surface area (Å²) in [6.45, 7) is 4.53. The van der Waals surface area contributed by atoms with Gasteiger partial charge < -0.3 is 14.4 Å². The molecule has 0 unspecified atom stereocenters. The summed E-state index contributed by atoms with van der Waals surface area (Å²) in [5, 5.41) is 0. The van der Waals surface area contributed by atoms with E-state index >= 15 is 0 Å². The number of morpholine rings is 1. The van der Waals surface area contributed by atoms with E-state index in [2.05, 4.69) is 0 Å². The predicted octanol–water partition coefficient (Wildman–Crippen LogP) is 2.62. The molecular weight excluding hydrogens is 368 g/mol. The summed E-state index contributed by atoms with van der Waals surface area (Å²) in [5.74, 6) is 0.195. The lowest BCUT2D eigenvalue weighted by atomic mass is 10.0. The van der Waals surface area contributed by atoms with Crippen LogP contribution in [0.15, 0.2) is 54.2 Å². The number of hydrogen-bond acceptors (Lipinski definition) is 5. The third-order valence-corrected chi connectivity index (χ3v) is 5.31. The molecule has 0 spiro atoms. The molecule has 0 atom stereocenters. The number of methoxy groups -OCH3 is 1. The number of aryl methyl sites for hydroxylation is 1. The molecule has 150 valence electrons. The number of imide groups is 1. The molecule has 1 saturated heterocycles. The predicted molar refractivity (Wildman–Crippen MR) is 109 cm³/mol. The van der Waals surface area contributed by atoms with Crippen molar-refractivity contribution in [3.8, 4) is 5.75 Å². The quantitative estimate of drug-likeness (QED) is 0.732. The summed E-state index contributed by atoms with van der Waals surface area (Å²) >= 11 is 0. The van der Waals surface area contributed by atoms with Crippen molar-refractivity contribution >= 4 is 17.4 Å². The van der Waals surface area contributed by atoms with Gasteiger partial charge in [0.05, 0.1) is 32.4 Å². The molecule has 0 bridgehead atoms. The van der Waals surface area contributed by atoms with Gasteiger partial charge in [0.1, 0.15) is 11.4 Å². The molecule has 0 aliphatic carbocycles. The Morgan fingerprint density at radius 2 is 1.59 bits per heavy atom. The molecule has 1 fully saturated rings. The van der Waals surface area contributed by atoms with E-state index in [-0.39, 0.29) is 18.4 Å². The summed E-state index contributed by atoms with van der Waals surface area (Å²) in [5.41, 5.74) is 3.70. The lowest BCUT2D eigenvalue weighted by Gasteiger charge is -2.29. The summed E-state index contributed by atoms with van der Waals surface area (Å²) in [6, 6.07) is 15.1. The zero-order valence-electron chi connectivity index (χ0n) is 16.7. The number of carbonyl (C=O) groups excluding carboxylic acids is 2. The van der Waals surface area contributed by atoms with Crippen molar-refractivity contribution in [3.05, 3.63) is 70.9 Å². The standard InChI is InChI=1S/C23H24N2O4/c1-16-3-5-17(6-4-16)15-25-22(26)20(18-7-9-19(28-2)10-8-18)21(23(25)27)24-11-13-29-14-12-24/h3-10H,11-15H2,1-2H3. The van der Waals surface area contributed by atoms with Crippen LogP contribution in [0.25, 0.3) is 5.57 Å². The number of nitrogens with zero attached hydrogens (tertiary/aromatic N) is 2. The Morgan fingerprint density at radius 3 is 2.21 bits per heavy atom. The van der Waals surface area contributed by atoms with Gasteiger partial charge in [0, 0.05) is 13.1 Å². The first kappa shape index (κ1) is 19.2. The van der Waals surface area contributed by atoms with Gasteiger partial charge in [0.2, 0.25) is 0 Å². The largest absolute Gasteiger partial charge is 0.497 e. The van der Waals surface area contributed by atoms with Crippen LogP contribution >= 0.6 is 0 Å². The molecule has 2 aliphatic rings. The van der Waals surface area contributed by atoms with Gasteiger partial charge in [-0.15, -0.1) is 0 Å². The number of rotatable bonds is 5. The highest BCUT2D eigenvalue weighted by Crippen LogP contribution is 2.33. The van der Waals surface area contributed by atoms with Gasteiger partial charge in [-0.1, -0.05) is 42.0 Å². The monoisotopic (exact) mass is 392 g/mol. The summed E-state index contributed by atoms with van der Waals surface area (Å²) < 4.78 is 10.7. The summed E-state index contributed by atoms with van der Waals surface area (Å²) in [6.07, 6.45) is 0. The highest BCUT2D eigenvalue weighted by atomic mass is 16.5. The fourth-order valence-corrected chi connectivity index (χ4v) is 3.68. The highest BCUT2D eigenvalue weighted by Gasteiger charge is 2.41. The van der Waals surface area contributed by atoms with E-state index in [9.17, 15) is 9.59 Å². The first-order valence-corrected chi connectivity index (χ1v) is 9.71. The molecule has 0 aromatic heterocycles. The van der Waals surface area contributed by atoms with Crippen LogP contribution in [-0.2, 0) is 20.9 Å². The third-order valence-electron chi connectivity index (χ3n) is 5.31. The molecule has 2 aromatic rings. The Kier molecular flexibility index (Phi) is 5.36. The molecule has 6 heteroatoms. The van der Waals surface area contributed by atoms with Crippen molar-refractivity contribution in [2.45, 2.75) is 13.5 Å². The van der Waals surface area contributed by atoms with E-state index in [0.717, 1.165) is 16.7 Å². The van der Waals surface area contributed by atoms with E-state index in [4.69, 9.17) is 9.47 Å². The zero-order valence-corrected chi connectivity index (χ0v) is 16.7. The molecule has 4 rings (SSSR count). The van der Waals surface area contributed by atoms with Crippen molar-refractivity contribution < 1.29 is 19.1 Å². The third kappa shape index (κ3) is 3.76. The van der Waals surface area contributed by atoms with Crippen molar-refractivity contribution in [1.82, 2.24) is 9.80 Å². The van der Waals surface area contributed by atoms with Gasteiger partial charge in [-0.25, -0.2) is 0 Å². The first-order valence-electron chi connectivity index (χ1n) is 9.71. The Morgan fingerprint density at radius 1 is 0.931 bits per heavy atom. The van der Waals surface area contributed by atoms with Gasteiger partial charge in [-0.2, -0.15) is 0 Å². The van der Waals surface area contributed by atoms with E-state index in [1.165, 1.54) is 4.90 Å². The molecule has 6 nitrogen and oxygen atoms in total. The Hall–Kier alpha value is -3.12. The number of carbonyl (C=O) groups is 2. The van der Waals surface area contributed by atoms with Crippen LogP contribution in [0, 0.1) is 6.92 Å².